The molecule has 2 aromatic heterocycles. The Morgan fingerprint density at radius 3 is 2.69 bits per heavy atom. The summed E-state index contributed by atoms with van der Waals surface area (Å²) in [7, 11) is -0.834. The third kappa shape index (κ3) is 4.21. The van der Waals surface area contributed by atoms with Crippen molar-refractivity contribution in [3.63, 3.8) is 0 Å². The summed E-state index contributed by atoms with van der Waals surface area (Å²) in [6.45, 7) is 1.33. The smallest absolute Gasteiger partial charge is 0.359 e. The zero-order valence-corrected chi connectivity index (χ0v) is 20.0. The second kappa shape index (κ2) is 8.76. The van der Waals surface area contributed by atoms with Gasteiger partial charge in [0, 0.05) is 11.9 Å². The molecule has 0 saturated heterocycles. The second-order valence-electron chi connectivity index (χ2n) is 8.69. The molecule has 0 saturated carbocycles. The highest BCUT2D eigenvalue weighted by molar-refractivity contribution is 7.60. The molecule has 35 heavy (non-hydrogen) atoms. The van der Waals surface area contributed by atoms with Crippen LogP contribution in [0.25, 0.3) is 21.9 Å². The molecule has 184 valence electrons. The van der Waals surface area contributed by atoms with Gasteiger partial charge < -0.3 is 24.2 Å². The highest BCUT2D eigenvalue weighted by Gasteiger charge is 2.25. The van der Waals surface area contributed by atoms with Gasteiger partial charge in [-0.1, -0.05) is 6.07 Å². The van der Waals surface area contributed by atoms with Crippen LogP contribution < -0.4 is 20.5 Å². The minimum absolute atomic E-state index is 0.00191. The summed E-state index contributed by atoms with van der Waals surface area (Å²) < 4.78 is 40.2. The van der Waals surface area contributed by atoms with Crippen molar-refractivity contribution in [1.29, 1.82) is 0 Å². The van der Waals surface area contributed by atoms with E-state index >= 15 is 0 Å². The number of nitrogens with zero attached hydrogens (tertiary/aromatic N) is 4. The minimum atomic E-state index is -4.75. The summed E-state index contributed by atoms with van der Waals surface area (Å²) in [5.41, 5.74) is 1.90. The second-order valence-corrected chi connectivity index (χ2v) is 10.3. The lowest BCUT2D eigenvalue weighted by Gasteiger charge is -2.10. The number of halogens is 1. The number of hydrogen-bond donors (Lipinski definition) is 2. The Kier molecular flexibility index (Phi) is 5.88. The standard InChI is InChI=1S/C23H24FN4O6P/c1-26(2)8-3-9-27-17-11-25-20-15(5-6-18-22(20)34-13-33-18)21(17)28(23(27)29)12-14-4-7-19(16(24)10-14)35(30,31)32/h4-7,10-11H,3,8-9,12-13H2,1-2H3,(H2,30,31,32). The molecule has 2 aromatic carbocycles. The van der Waals surface area contributed by atoms with Gasteiger partial charge in [0.1, 0.15) is 11.3 Å². The quantitative estimate of drug-likeness (QED) is 0.369. The monoisotopic (exact) mass is 502 g/mol. The Balaban J connectivity index is 1.68. The van der Waals surface area contributed by atoms with Gasteiger partial charge >= 0.3 is 13.3 Å². The van der Waals surface area contributed by atoms with Crippen LogP contribution in [0.15, 0.2) is 41.3 Å². The summed E-state index contributed by atoms with van der Waals surface area (Å²) in [4.78, 5) is 38.8. The lowest BCUT2D eigenvalue weighted by molar-refractivity contribution is 0.174. The number of aromatic nitrogens is 3. The van der Waals surface area contributed by atoms with Crippen molar-refractivity contribution in [2.24, 2.45) is 0 Å². The molecule has 1 aliphatic rings. The Hall–Kier alpha value is -3.24. The minimum Gasteiger partial charge on any atom is -0.454 e. The molecule has 0 unspecified atom stereocenters. The van der Waals surface area contributed by atoms with Crippen molar-refractivity contribution in [1.82, 2.24) is 19.0 Å². The molecule has 0 atom stereocenters. The fourth-order valence-corrected chi connectivity index (χ4v) is 5.01. The first kappa shape index (κ1) is 23.5. The number of imidazole rings is 1. The van der Waals surface area contributed by atoms with Crippen molar-refractivity contribution in [2.45, 2.75) is 19.5 Å². The van der Waals surface area contributed by atoms with Crippen molar-refractivity contribution in [3.8, 4) is 11.5 Å². The number of rotatable bonds is 7. The Bertz CT molecular complexity index is 1560. The van der Waals surface area contributed by atoms with Gasteiger partial charge in [-0.2, -0.15) is 0 Å². The van der Waals surface area contributed by atoms with Gasteiger partial charge in [0.05, 0.1) is 29.1 Å². The first-order valence-electron chi connectivity index (χ1n) is 10.9. The van der Waals surface area contributed by atoms with Crippen LogP contribution in [-0.2, 0) is 17.7 Å². The summed E-state index contributed by atoms with van der Waals surface area (Å²) in [6.07, 6.45) is 2.36. The van der Waals surface area contributed by atoms with Gasteiger partial charge in [0.15, 0.2) is 11.5 Å². The maximum absolute atomic E-state index is 14.5. The summed E-state index contributed by atoms with van der Waals surface area (Å²) >= 11 is 0. The topological polar surface area (TPSA) is 119 Å². The van der Waals surface area contributed by atoms with Gasteiger partial charge in [0.2, 0.25) is 6.79 Å². The number of benzene rings is 2. The third-order valence-electron chi connectivity index (χ3n) is 6.00. The molecule has 0 radical (unpaired) electrons. The number of ether oxygens (including phenoxy) is 2. The molecular formula is C23H24FN4O6P. The number of hydrogen-bond acceptors (Lipinski definition) is 6. The van der Waals surface area contributed by atoms with Crippen LogP contribution in [0, 0.1) is 5.82 Å². The maximum atomic E-state index is 14.5. The molecular weight excluding hydrogens is 478 g/mol. The van der Waals surface area contributed by atoms with Crippen molar-refractivity contribution in [3.05, 3.63) is 58.4 Å². The Labute approximate surface area is 199 Å². The van der Waals surface area contributed by atoms with E-state index in [-0.39, 0.29) is 19.0 Å². The molecule has 0 fully saturated rings. The number of fused-ring (bicyclic) bond motifs is 5. The predicted molar refractivity (Wildman–Crippen MR) is 128 cm³/mol. The van der Waals surface area contributed by atoms with E-state index in [0.29, 0.717) is 45.5 Å². The fraction of sp³-hybridized carbons (Fsp3) is 0.304. The average molecular weight is 502 g/mol. The molecule has 0 bridgehead atoms. The van der Waals surface area contributed by atoms with Gasteiger partial charge in [-0.05, 0) is 56.9 Å². The van der Waals surface area contributed by atoms with Crippen LogP contribution in [0.1, 0.15) is 12.0 Å². The van der Waals surface area contributed by atoms with E-state index in [2.05, 4.69) is 4.98 Å². The lowest BCUT2D eigenvalue weighted by Crippen LogP contribution is -2.26. The summed E-state index contributed by atoms with van der Waals surface area (Å²) in [5, 5.41) is 0.00425. The molecule has 3 heterocycles. The fourth-order valence-electron chi connectivity index (χ4n) is 4.40. The van der Waals surface area contributed by atoms with Crippen LogP contribution in [0.2, 0.25) is 0 Å². The normalized spacial score (nSPS) is 13.4. The maximum Gasteiger partial charge on any atom is 0.359 e. The van der Waals surface area contributed by atoms with Crippen LogP contribution in [0.4, 0.5) is 4.39 Å². The van der Waals surface area contributed by atoms with E-state index in [1.165, 1.54) is 10.6 Å². The van der Waals surface area contributed by atoms with E-state index in [9.17, 15) is 23.5 Å². The highest BCUT2D eigenvalue weighted by atomic mass is 31.2. The van der Waals surface area contributed by atoms with Gasteiger partial charge in [0.25, 0.3) is 0 Å². The molecule has 2 N–H and O–H groups in total. The zero-order chi connectivity index (χ0) is 24.9. The van der Waals surface area contributed by atoms with Crippen molar-refractivity contribution < 1.29 is 28.2 Å². The van der Waals surface area contributed by atoms with Gasteiger partial charge in [-0.15, -0.1) is 0 Å². The van der Waals surface area contributed by atoms with E-state index in [1.54, 1.807) is 16.8 Å². The average Bonchev–Trinajstić information content (AvgIpc) is 3.37. The molecule has 5 rings (SSSR count). The number of aryl methyl sites for hydroxylation is 1. The first-order chi connectivity index (χ1) is 16.6. The molecule has 12 heteroatoms. The van der Waals surface area contributed by atoms with E-state index in [0.717, 1.165) is 25.1 Å². The molecule has 10 nitrogen and oxygen atoms in total. The van der Waals surface area contributed by atoms with E-state index in [1.807, 2.05) is 25.1 Å². The van der Waals surface area contributed by atoms with Gasteiger partial charge in [-0.25, -0.2) is 14.2 Å². The van der Waals surface area contributed by atoms with Crippen LogP contribution in [0.5, 0.6) is 11.5 Å². The van der Waals surface area contributed by atoms with Gasteiger partial charge in [-0.3, -0.25) is 13.7 Å². The predicted octanol–water partition coefficient (Wildman–Crippen LogP) is 2.02. The molecule has 4 aromatic rings. The Morgan fingerprint density at radius 2 is 1.97 bits per heavy atom. The van der Waals surface area contributed by atoms with Crippen molar-refractivity contribution in [2.75, 3.05) is 27.4 Å². The van der Waals surface area contributed by atoms with Crippen LogP contribution in [0.3, 0.4) is 0 Å². The zero-order valence-electron chi connectivity index (χ0n) is 19.1. The largest absolute Gasteiger partial charge is 0.454 e. The molecule has 0 amide bonds. The molecule has 0 aliphatic carbocycles. The SMILES string of the molecule is CN(C)CCCn1c(=O)n(Cc2ccc(P(=O)(O)O)c(F)c2)c2c3ccc4c(c3ncc21)OCO4. The third-order valence-corrected chi connectivity index (χ3v) is 6.99. The summed E-state index contributed by atoms with van der Waals surface area (Å²) in [5.74, 6) is 0.0491. The molecule has 1 aliphatic heterocycles. The Morgan fingerprint density at radius 1 is 1.17 bits per heavy atom. The number of pyridine rings is 1. The van der Waals surface area contributed by atoms with Crippen LogP contribution >= 0.6 is 7.60 Å². The first-order valence-corrected chi connectivity index (χ1v) is 12.6. The van der Waals surface area contributed by atoms with E-state index < -0.39 is 18.7 Å². The summed E-state index contributed by atoms with van der Waals surface area (Å²) in [6, 6.07) is 7.10. The van der Waals surface area contributed by atoms with Crippen molar-refractivity contribution >= 4 is 34.8 Å². The lowest BCUT2D eigenvalue weighted by atomic mass is 10.1. The van der Waals surface area contributed by atoms with Crippen LogP contribution in [-0.4, -0.2) is 56.2 Å². The highest BCUT2D eigenvalue weighted by Crippen LogP contribution is 2.40. The molecule has 0 spiro atoms. The van der Waals surface area contributed by atoms with E-state index in [4.69, 9.17) is 9.47 Å².